The van der Waals surface area contributed by atoms with Gasteiger partial charge in [-0.25, -0.2) is 9.97 Å². The average Bonchev–Trinajstić information content (AvgIpc) is 3.57. The molecular weight excluding hydrogens is 414 g/mol. The number of aromatic amines is 1. The number of nitrogens with one attached hydrogen (secondary N) is 1. The fourth-order valence-corrected chi connectivity index (χ4v) is 5.88. The van der Waals surface area contributed by atoms with Crippen LogP contribution in [0.3, 0.4) is 0 Å². The van der Waals surface area contributed by atoms with Crippen molar-refractivity contribution in [3.63, 3.8) is 0 Å². The lowest BCUT2D eigenvalue weighted by atomic mass is 9.79. The molecule has 1 amide bonds. The van der Waals surface area contributed by atoms with E-state index < -0.39 is 0 Å². The van der Waals surface area contributed by atoms with E-state index in [9.17, 15) is 4.79 Å². The van der Waals surface area contributed by atoms with Crippen molar-refractivity contribution >= 4 is 28.3 Å². The van der Waals surface area contributed by atoms with Crippen LogP contribution in [0.4, 0.5) is 11.5 Å². The first kappa shape index (κ1) is 20.2. The second kappa shape index (κ2) is 7.57. The molecule has 6 rings (SSSR count). The van der Waals surface area contributed by atoms with Crippen molar-refractivity contribution in [2.45, 2.75) is 26.2 Å². The maximum Gasteiger partial charge on any atom is 0.245 e. The molecule has 3 aliphatic heterocycles. The molecule has 8 nitrogen and oxygen atoms in total. The Morgan fingerprint density at radius 1 is 1.12 bits per heavy atom. The summed E-state index contributed by atoms with van der Waals surface area (Å²) < 4.78 is 0. The SMILES string of the molecule is C=CC(=O)N1CC2(CCN(c3ncnc(-c4c(C)ccc5[nH]ncc45)c3N3CCCC3)C2)C1. The lowest BCUT2D eigenvalue weighted by Crippen LogP contribution is -2.59. The van der Waals surface area contributed by atoms with Crippen LogP contribution in [0.5, 0.6) is 0 Å². The zero-order valence-corrected chi connectivity index (χ0v) is 19.0. The minimum absolute atomic E-state index is 0.0323. The van der Waals surface area contributed by atoms with Crippen molar-refractivity contribution < 1.29 is 4.79 Å². The maximum absolute atomic E-state index is 12.0. The summed E-state index contributed by atoms with van der Waals surface area (Å²) in [6.45, 7) is 11.3. The Kier molecular flexibility index (Phi) is 4.64. The topological polar surface area (TPSA) is 81.2 Å². The van der Waals surface area contributed by atoms with Crippen LogP contribution in [0.15, 0.2) is 37.3 Å². The number of nitrogens with zero attached hydrogens (tertiary/aromatic N) is 6. The van der Waals surface area contributed by atoms with Crippen LogP contribution in [0.2, 0.25) is 0 Å². The third kappa shape index (κ3) is 3.19. The van der Waals surface area contributed by atoms with Crippen molar-refractivity contribution in [3.8, 4) is 11.3 Å². The Balaban J connectivity index is 1.41. The van der Waals surface area contributed by atoms with Gasteiger partial charge in [-0.1, -0.05) is 12.6 Å². The fourth-order valence-electron chi connectivity index (χ4n) is 5.88. The van der Waals surface area contributed by atoms with Crippen LogP contribution >= 0.6 is 0 Å². The van der Waals surface area contributed by atoms with Gasteiger partial charge in [0.15, 0.2) is 5.82 Å². The number of H-pyrrole nitrogens is 1. The molecular formula is C25H29N7O. The third-order valence-electron chi connectivity index (χ3n) is 7.57. The Hall–Kier alpha value is -3.42. The zero-order valence-electron chi connectivity index (χ0n) is 19.0. The number of aryl methyl sites for hydroxylation is 1. The Morgan fingerprint density at radius 2 is 1.94 bits per heavy atom. The van der Waals surface area contributed by atoms with Gasteiger partial charge in [0, 0.05) is 55.6 Å². The van der Waals surface area contributed by atoms with E-state index in [0.29, 0.717) is 0 Å². The van der Waals surface area contributed by atoms with E-state index in [1.807, 2.05) is 11.1 Å². The van der Waals surface area contributed by atoms with E-state index in [1.54, 1.807) is 6.33 Å². The van der Waals surface area contributed by atoms with Crippen molar-refractivity contribution in [1.29, 1.82) is 0 Å². The lowest BCUT2D eigenvalue weighted by molar-refractivity contribution is -0.136. The normalized spacial score (nSPS) is 19.5. The number of hydrogen-bond donors (Lipinski definition) is 1. The molecule has 0 atom stereocenters. The first-order chi connectivity index (χ1) is 16.1. The summed E-state index contributed by atoms with van der Waals surface area (Å²) in [5.41, 5.74) is 5.62. The van der Waals surface area contributed by atoms with Crippen molar-refractivity contribution in [2.24, 2.45) is 5.41 Å². The molecule has 0 aliphatic carbocycles. The summed E-state index contributed by atoms with van der Waals surface area (Å²) in [5.74, 6) is 1.05. The van der Waals surface area contributed by atoms with E-state index >= 15 is 0 Å². The van der Waals surface area contributed by atoms with Gasteiger partial charge in [-0.05, 0) is 43.9 Å². The predicted octanol–water partition coefficient (Wildman–Crippen LogP) is 3.15. The van der Waals surface area contributed by atoms with Crippen molar-refractivity contribution in [1.82, 2.24) is 25.1 Å². The van der Waals surface area contributed by atoms with E-state index in [2.05, 4.69) is 45.6 Å². The highest BCUT2D eigenvalue weighted by Crippen LogP contribution is 2.46. The molecule has 170 valence electrons. The molecule has 3 fully saturated rings. The molecule has 0 radical (unpaired) electrons. The number of aromatic nitrogens is 4. The summed E-state index contributed by atoms with van der Waals surface area (Å²) in [7, 11) is 0. The number of fused-ring (bicyclic) bond motifs is 1. The van der Waals surface area contributed by atoms with Gasteiger partial charge in [0.2, 0.25) is 5.91 Å². The van der Waals surface area contributed by atoms with E-state index in [-0.39, 0.29) is 11.3 Å². The number of amides is 1. The number of hydrogen-bond acceptors (Lipinski definition) is 6. The highest BCUT2D eigenvalue weighted by atomic mass is 16.2. The number of carbonyl (C=O) groups is 1. The first-order valence-electron chi connectivity index (χ1n) is 11.8. The van der Waals surface area contributed by atoms with Crippen LogP contribution in [-0.2, 0) is 4.79 Å². The zero-order chi connectivity index (χ0) is 22.6. The summed E-state index contributed by atoms with van der Waals surface area (Å²) in [6, 6.07) is 4.21. The monoisotopic (exact) mass is 443 g/mol. The molecule has 33 heavy (non-hydrogen) atoms. The van der Waals surface area contributed by atoms with Crippen molar-refractivity contribution in [2.75, 3.05) is 49.1 Å². The molecule has 0 unspecified atom stereocenters. The summed E-state index contributed by atoms with van der Waals surface area (Å²) in [5, 5.41) is 8.49. The third-order valence-corrected chi connectivity index (χ3v) is 7.57. The van der Waals surface area contributed by atoms with Gasteiger partial charge >= 0.3 is 0 Å². The minimum atomic E-state index is 0.0323. The van der Waals surface area contributed by atoms with Crippen LogP contribution in [0.25, 0.3) is 22.2 Å². The average molecular weight is 444 g/mol. The molecule has 0 bridgehead atoms. The largest absolute Gasteiger partial charge is 0.367 e. The Bertz CT molecular complexity index is 1240. The van der Waals surface area contributed by atoms with Gasteiger partial charge in [-0.3, -0.25) is 9.89 Å². The quantitative estimate of drug-likeness (QED) is 0.624. The number of likely N-dealkylation sites (tertiary alicyclic amines) is 1. The summed E-state index contributed by atoms with van der Waals surface area (Å²) in [4.78, 5) is 28.4. The first-order valence-corrected chi connectivity index (χ1v) is 11.8. The smallest absolute Gasteiger partial charge is 0.245 e. The van der Waals surface area contributed by atoms with E-state index in [1.165, 1.54) is 24.5 Å². The highest BCUT2D eigenvalue weighted by Gasteiger charge is 2.49. The summed E-state index contributed by atoms with van der Waals surface area (Å²) in [6.07, 6.45) is 8.47. The molecule has 2 aromatic heterocycles. The van der Waals surface area contributed by atoms with Crippen molar-refractivity contribution in [3.05, 3.63) is 42.9 Å². The van der Waals surface area contributed by atoms with Gasteiger partial charge in [-0.15, -0.1) is 0 Å². The number of anilines is 2. The second-order valence-electron chi connectivity index (χ2n) is 9.75. The van der Waals surface area contributed by atoms with Gasteiger partial charge < -0.3 is 14.7 Å². The van der Waals surface area contributed by atoms with Crippen LogP contribution < -0.4 is 9.80 Å². The van der Waals surface area contributed by atoms with Gasteiger partial charge in [0.25, 0.3) is 0 Å². The molecule has 1 spiro atoms. The lowest BCUT2D eigenvalue weighted by Gasteiger charge is -2.47. The molecule has 3 saturated heterocycles. The molecule has 0 saturated carbocycles. The predicted molar refractivity (Wildman–Crippen MR) is 129 cm³/mol. The molecule has 5 heterocycles. The molecule has 8 heteroatoms. The minimum Gasteiger partial charge on any atom is -0.367 e. The molecule has 1 N–H and O–H groups in total. The van der Waals surface area contributed by atoms with E-state index in [4.69, 9.17) is 9.97 Å². The molecule has 3 aliphatic rings. The van der Waals surface area contributed by atoms with Crippen LogP contribution in [-0.4, -0.2) is 70.2 Å². The standard InChI is InChI=1S/C25H29N7O/c1-3-20(33)32-14-25(15-32)8-11-31(13-25)24-23(30-9-4-5-10-30)22(26-16-27-24)21-17(2)6-7-19-18(21)12-28-29-19/h3,6-7,12,16H,1,4-5,8-11,13-15H2,2H3,(H,28,29). The van der Waals surface area contributed by atoms with Crippen LogP contribution in [0, 0.1) is 12.3 Å². The maximum atomic E-state index is 12.0. The van der Waals surface area contributed by atoms with E-state index in [0.717, 1.165) is 79.4 Å². The van der Waals surface area contributed by atoms with Crippen LogP contribution in [0.1, 0.15) is 24.8 Å². The number of rotatable bonds is 4. The number of benzene rings is 1. The highest BCUT2D eigenvalue weighted by molar-refractivity contribution is 6.00. The second-order valence-corrected chi connectivity index (χ2v) is 9.75. The number of carbonyl (C=O) groups excluding carboxylic acids is 1. The van der Waals surface area contributed by atoms with Gasteiger partial charge in [-0.2, -0.15) is 5.10 Å². The summed E-state index contributed by atoms with van der Waals surface area (Å²) >= 11 is 0. The van der Waals surface area contributed by atoms with Gasteiger partial charge in [0.1, 0.15) is 17.7 Å². The Morgan fingerprint density at radius 3 is 2.73 bits per heavy atom. The Labute approximate surface area is 193 Å². The fraction of sp³-hybridized carbons (Fsp3) is 0.440. The molecule has 1 aromatic carbocycles. The molecule has 3 aromatic rings. The van der Waals surface area contributed by atoms with Gasteiger partial charge in [0.05, 0.1) is 11.7 Å².